The highest BCUT2D eigenvalue weighted by atomic mass is 35.5. The monoisotopic (exact) mass is 359 g/mol. The summed E-state index contributed by atoms with van der Waals surface area (Å²) in [6.07, 6.45) is 15.9. The van der Waals surface area contributed by atoms with Crippen LogP contribution in [0, 0.1) is 0 Å². The van der Waals surface area contributed by atoms with Gasteiger partial charge in [0.15, 0.2) is 0 Å². The van der Waals surface area contributed by atoms with Crippen molar-refractivity contribution in [3.05, 3.63) is 40.0 Å². The number of allylic oxidation sites excluding steroid dienone is 1. The molecule has 25 heavy (non-hydrogen) atoms. The topological polar surface area (TPSA) is 3.24 Å². The van der Waals surface area contributed by atoms with Crippen LogP contribution >= 0.6 is 11.6 Å². The van der Waals surface area contributed by atoms with Crippen LogP contribution in [0.1, 0.15) is 95.1 Å². The summed E-state index contributed by atoms with van der Waals surface area (Å²) in [5.41, 5.74) is 4.00. The van der Waals surface area contributed by atoms with Crippen LogP contribution in [0.25, 0.3) is 6.08 Å². The van der Waals surface area contributed by atoms with Gasteiger partial charge in [0.25, 0.3) is 0 Å². The van der Waals surface area contributed by atoms with E-state index in [4.69, 9.17) is 11.6 Å². The number of halogens is 1. The van der Waals surface area contributed by atoms with E-state index in [2.05, 4.69) is 43.0 Å². The molecule has 0 heterocycles. The molecule has 138 valence electrons. The first-order chi connectivity index (χ1) is 12.2. The van der Waals surface area contributed by atoms with Crippen molar-refractivity contribution in [1.29, 1.82) is 0 Å². The lowest BCUT2D eigenvalue weighted by Gasteiger charge is -2.36. The third-order valence-electron chi connectivity index (χ3n) is 6.25. The number of nitrogens with zero attached hydrogens (tertiary/aromatic N) is 1. The smallest absolute Gasteiger partial charge is 0.0446 e. The Hall–Kier alpha value is -0.950. The highest BCUT2D eigenvalue weighted by Crippen LogP contribution is 2.37. The summed E-state index contributed by atoms with van der Waals surface area (Å²) >= 11 is 6.67. The van der Waals surface area contributed by atoms with Gasteiger partial charge in [0, 0.05) is 23.3 Å². The maximum atomic E-state index is 6.67. The predicted octanol–water partition coefficient (Wildman–Crippen LogP) is 7.40. The third-order valence-corrected chi connectivity index (χ3v) is 6.58. The maximum absolute atomic E-state index is 6.67. The van der Waals surface area contributed by atoms with Crippen molar-refractivity contribution in [3.8, 4) is 0 Å². The third kappa shape index (κ3) is 4.82. The lowest BCUT2D eigenvalue weighted by atomic mass is 9.84. The highest BCUT2D eigenvalue weighted by Gasteiger charge is 2.20. The zero-order valence-electron chi connectivity index (χ0n) is 16.1. The second-order valence-electron chi connectivity index (χ2n) is 7.98. The standard InChI is InChI=1S/C23H34ClN/c1-3-25(21-12-8-5-9-13-21)18(2)16-19-14-15-22(23(24)17-19)20-10-6-4-7-11-20/h14-17,20-21H,3-13H2,1-2H3/b18-16-. The van der Waals surface area contributed by atoms with Gasteiger partial charge in [0.05, 0.1) is 0 Å². The summed E-state index contributed by atoms with van der Waals surface area (Å²) in [6, 6.07) is 7.47. The van der Waals surface area contributed by atoms with Gasteiger partial charge in [-0.2, -0.15) is 0 Å². The van der Waals surface area contributed by atoms with Crippen molar-refractivity contribution in [1.82, 2.24) is 4.90 Å². The molecule has 0 saturated heterocycles. The van der Waals surface area contributed by atoms with Gasteiger partial charge in [-0.1, -0.05) is 62.3 Å². The molecule has 0 aliphatic heterocycles. The van der Waals surface area contributed by atoms with Crippen molar-refractivity contribution >= 4 is 17.7 Å². The average Bonchev–Trinajstić information content (AvgIpc) is 2.64. The Labute approximate surface area is 159 Å². The first kappa shape index (κ1) is 18.8. The number of hydrogen-bond acceptors (Lipinski definition) is 1. The molecule has 0 aromatic heterocycles. The van der Waals surface area contributed by atoms with Crippen LogP contribution in [0.5, 0.6) is 0 Å². The molecular weight excluding hydrogens is 326 g/mol. The van der Waals surface area contributed by atoms with Crippen LogP contribution in [0.2, 0.25) is 5.02 Å². The van der Waals surface area contributed by atoms with Crippen LogP contribution in [0.15, 0.2) is 23.9 Å². The Morgan fingerprint density at radius 2 is 1.68 bits per heavy atom. The van der Waals surface area contributed by atoms with Gasteiger partial charge in [-0.15, -0.1) is 0 Å². The van der Waals surface area contributed by atoms with Crippen molar-refractivity contribution in [2.24, 2.45) is 0 Å². The summed E-state index contributed by atoms with van der Waals surface area (Å²) in [5, 5.41) is 0.967. The SMILES string of the molecule is CCN(/C(C)=C\c1ccc(C2CCCCC2)c(Cl)c1)C1CCCCC1. The summed E-state index contributed by atoms with van der Waals surface area (Å²) in [4.78, 5) is 2.60. The van der Waals surface area contributed by atoms with Gasteiger partial charge >= 0.3 is 0 Å². The molecule has 2 aliphatic rings. The minimum Gasteiger partial charge on any atom is -0.372 e. The van der Waals surface area contributed by atoms with Gasteiger partial charge in [-0.3, -0.25) is 0 Å². The largest absolute Gasteiger partial charge is 0.372 e. The molecule has 2 heteroatoms. The highest BCUT2D eigenvalue weighted by molar-refractivity contribution is 6.31. The van der Waals surface area contributed by atoms with Crippen LogP contribution in [0.4, 0.5) is 0 Å². The molecular formula is C23H34ClN. The number of hydrogen-bond donors (Lipinski definition) is 0. The fraction of sp³-hybridized carbons (Fsp3) is 0.652. The fourth-order valence-electron chi connectivity index (χ4n) is 4.89. The van der Waals surface area contributed by atoms with E-state index in [0.717, 1.165) is 17.6 Å². The molecule has 3 rings (SSSR count). The molecule has 2 aliphatic carbocycles. The van der Waals surface area contributed by atoms with Crippen LogP contribution in [-0.2, 0) is 0 Å². The Balaban J connectivity index is 1.73. The van der Waals surface area contributed by atoms with Crippen LogP contribution in [0.3, 0.4) is 0 Å². The molecule has 0 unspecified atom stereocenters. The summed E-state index contributed by atoms with van der Waals surface area (Å²) in [7, 11) is 0. The van der Waals surface area contributed by atoms with Gasteiger partial charge in [-0.25, -0.2) is 0 Å². The number of benzene rings is 1. The zero-order chi connectivity index (χ0) is 17.6. The molecule has 2 saturated carbocycles. The molecule has 0 bridgehead atoms. The van der Waals surface area contributed by atoms with Crippen molar-refractivity contribution < 1.29 is 0 Å². The Kier molecular flexibility index (Phi) is 6.87. The normalized spacial score (nSPS) is 20.7. The molecule has 0 atom stereocenters. The molecule has 0 radical (unpaired) electrons. The summed E-state index contributed by atoms with van der Waals surface area (Å²) in [5.74, 6) is 0.676. The van der Waals surface area contributed by atoms with E-state index in [1.165, 1.54) is 81.0 Å². The van der Waals surface area contributed by atoms with Crippen molar-refractivity contribution in [2.45, 2.75) is 90.0 Å². The second kappa shape index (κ2) is 9.12. The van der Waals surface area contributed by atoms with Crippen molar-refractivity contribution in [3.63, 3.8) is 0 Å². The van der Waals surface area contributed by atoms with E-state index < -0.39 is 0 Å². The molecule has 0 N–H and O–H groups in total. The molecule has 1 nitrogen and oxygen atoms in total. The fourth-order valence-corrected chi connectivity index (χ4v) is 5.23. The second-order valence-corrected chi connectivity index (χ2v) is 8.39. The summed E-state index contributed by atoms with van der Waals surface area (Å²) in [6.45, 7) is 5.65. The van der Waals surface area contributed by atoms with Crippen LogP contribution < -0.4 is 0 Å². The average molecular weight is 360 g/mol. The minimum atomic E-state index is 0.676. The van der Waals surface area contributed by atoms with E-state index >= 15 is 0 Å². The first-order valence-electron chi connectivity index (χ1n) is 10.4. The predicted molar refractivity (Wildman–Crippen MR) is 110 cm³/mol. The molecule has 1 aromatic carbocycles. The lowest BCUT2D eigenvalue weighted by molar-refractivity contribution is 0.210. The molecule has 2 fully saturated rings. The van der Waals surface area contributed by atoms with Gasteiger partial charge in [0.2, 0.25) is 0 Å². The molecule has 1 aromatic rings. The molecule has 0 spiro atoms. The lowest BCUT2D eigenvalue weighted by Crippen LogP contribution is -2.35. The molecule has 0 amide bonds. The van der Waals surface area contributed by atoms with Gasteiger partial charge in [-0.05, 0) is 68.7 Å². The summed E-state index contributed by atoms with van der Waals surface area (Å²) < 4.78 is 0. The van der Waals surface area contributed by atoms with Crippen molar-refractivity contribution in [2.75, 3.05) is 6.54 Å². The zero-order valence-corrected chi connectivity index (χ0v) is 16.8. The van der Waals surface area contributed by atoms with E-state index in [1.807, 2.05) is 0 Å². The maximum Gasteiger partial charge on any atom is 0.0446 e. The van der Waals surface area contributed by atoms with E-state index in [-0.39, 0.29) is 0 Å². The van der Waals surface area contributed by atoms with E-state index in [9.17, 15) is 0 Å². The van der Waals surface area contributed by atoms with Crippen LogP contribution in [-0.4, -0.2) is 17.5 Å². The van der Waals surface area contributed by atoms with E-state index in [1.54, 1.807) is 0 Å². The Morgan fingerprint density at radius 1 is 1.04 bits per heavy atom. The first-order valence-corrected chi connectivity index (χ1v) is 10.8. The van der Waals surface area contributed by atoms with E-state index in [0.29, 0.717) is 5.92 Å². The minimum absolute atomic E-state index is 0.676. The van der Waals surface area contributed by atoms with Gasteiger partial charge in [0.1, 0.15) is 0 Å². The van der Waals surface area contributed by atoms with Gasteiger partial charge < -0.3 is 4.90 Å². The number of rotatable bonds is 5. The Morgan fingerprint density at radius 3 is 2.28 bits per heavy atom. The Bertz CT molecular complexity index is 580. The quantitative estimate of drug-likeness (QED) is 0.529.